The van der Waals surface area contributed by atoms with Gasteiger partial charge in [0.1, 0.15) is 48.8 Å². The molecule has 0 bridgehead atoms. The molecule has 0 aromatic heterocycles. The van der Waals surface area contributed by atoms with E-state index in [0.717, 1.165) is 51.4 Å². The molecule has 0 radical (unpaired) electrons. The molecule has 0 aromatic rings. The maximum absolute atomic E-state index is 13.3. The van der Waals surface area contributed by atoms with E-state index in [2.05, 4.69) is 19.2 Å². The molecule has 2 rings (SSSR count). The number of hydrogen-bond acceptors (Lipinski definition) is 13. The first-order valence-corrected chi connectivity index (χ1v) is 34.3. The lowest BCUT2D eigenvalue weighted by Gasteiger charge is -2.46. The molecule has 1 amide bonds. The minimum atomic E-state index is -1.78. The number of nitrogens with one attached hydrogen (secondary N) is 1. The second-order valence-corrected chi connectivity index (χ2v) is 24.7. The molecule has 2 aliphatic rings. The average Bonchev–Trinajstić information content (AvgIpc) is 3.56. The van der Waals surface area contributed by atoms with Crippen molar-refractivity contribution in [2.75, 3.05) is 19.8 Å². The first kappa shape index (κ1) is 75.1. The summed E-state index contributed by atoms with van der Waals surface area (Å²) >= 11 is 0. The van der Waals surface area contributed by atoms with E-state index in [1.165, 1.54) is 244 Å². The minimum Gasteiger partial charge on any atom is -0.394 e. The minimum absolute atomic E-state index is 0.201. The summed E-state index contributed by atoms with van der Waals surface area (Å²) in [6.07, 6.45) is 44.6. The smallest absolute Gasteiger partial charge is 0.220 e. The van der Waals surface area contributed by atoms with Crippen molar-refractivity contribution in [3.8, 4) is 0 Å². The van der Waals surface area contributed by atoms with E-state index in [0.29, 0.717) is 12.8 Å². The van der Waals surface area contributed by atoms with Crippen LogP contribution in [0.5, 0.6) is 0 Å². The van der Waals surface area contributed by atoms with Gasteiger partial charge in [-0.3, -0.25) is 4.79 Å². The molecule has 0 aliphatic carbocycles. The van der Waals surface area contributed by atoms with Gasteiger partial charge in [0.2, 0.25) is 5.91 Å². The van der Waals surface area contributed by atoms with Gasteiger partial charge in [0, 0.05) is 6.42 Å². The number of rotatable bonds is 57. The Hall–Kier alpha value is -1.01. The van der Waals surface area contributed by atoms with Crippen LogP contribution in [0.4, 0.5) is 0 Å². The number of aliphatic hydroxyl groups excluding tert-OH is 8. The summed E-state index contributed by atoms with van der Waals surface area (Å²) in [5.74, 6) is -0.201. The number of carbonyl (C=O) groups is 1. The number of unbranched alkanes of at least 4 members (excludes halogenated alkanes) is 44. The lowest BCUT2D eigenvalue weighted by Crippen LogP contribution is -2.65. The van der Waals surface area contributed by atoms with Gasteiger partial charge in [0.15, 0.2) is 12.6 Å². The third-order valence-corrected chi connectivity index (χ3v) is 17.3. The number of hydrogen-bond donors (Lipinski definition) is 9. The maximum Gasteiger partial charge on any atom is 0.220 e. The fraction of sp³-hybridized carbons (Fsp3) is 0.985. The number of aliphatic hydroxyl groups is 8. The van der Waals surface area contributed by atoms with Crippen LogP contribution in [0.25, 0.3) is 0 Å². The molecule has 2 heterocycles. The quantitative estimate of drug-likeness (QED) is 0.0259. The van der Waals surface area contributed by atoms with E-state index in [1.54, 1.807) is 0 Å². The Morgan fingerprint density at radius 3 is 1.06 bits per heavy atom. The van der Waals surface area contributed by atoms with Crippen LogP contribution in [-0.4, -0.2) is 140 Å². The monoisotopic (exact) mass is 1140 g/mol. The molecular weight excluding hydrogens is 1010 g/mol. The van der Waals surface area contributed by atoms with Crippen LogP contribution in [-0.2, 0) is 23.7 Å². The summed E-state index contributed by atoms with van der Waals surface area (Å²) < 4.78 is 22.8. The zero-order chi connectivity index (χ0) is 58.1. The summed E-state index contributed by atoms with van der Waals surface area (Å²) in [5, 5.41) is 87.2. The van der Waals surface area contributed by atoms with Crippen molar-refractivity contribution in [3.63, 3.8) is 0 Å². The zero-order valence-corrected chi connectivity index (χ0v) is 51.6. The summed E-state index contributed by atoms with van der Waals surface area (Å²) in [5.41, 5.74) is 0. The standard InChI is InChI=1S/C66H129NO13/c1-3-5-7-9-11-13-15-16-17-18-19-20-21-22-23-24-25-26-27-28-29-30-31-32-33-34-35-36-37-38-39-40-42-44-46-48-50-58(71)67-54(55(70)49-47-45-43-41-14-12-10-8-6-4-2)53-77-65-63(76)61(74)64(57(52-69)79-65)80-66-62(75)60(73)59(72)56(51-68)78-66/h54-57,59-66,68-70,72-76H,3-53H2,1-2H3,(H,67,71)/t54-,55+,56+,57+,59-,60?,61?,62?,63?,64+,65+,66-/m0/s1. The molecule has 80 heavy (non-hydrogen) atoms. The second kappa shape index (κ2) is 52.3. The van der Waals surface area contributed by atoms with Crippen molar-refractivity contribution in [1.29, 1.82) is 0 Å². The summed E-state index contributed by atoms with van der Waals surface area (Å²) in [6.45, 7) is 2.88. The van der Waals surface area contributed by atoms with Gasteiger partial charge in [0.05, 0.1) is 32.0 Å². The second-order valence-electron chi connectivity index (χ2n) is 24.7. The summed E-state index contributed by atoms with van der Waals surface area (Å²) in [4.78, 5) is 13.3. The Morgan fingerprint density at radius 2 is 0.713 bits per heavy atom. The summed E-state index contributed by atoms with van der Waals surface area (Å²) in [6, 6.07) is -0.822. The van der Waals surface area contributed by atoms with Crippen LogP contribution in [0, 0.1) is 0 Å². The zero-order valence-electron chi connectivity index (χ0n) is 51.6. The fourth-order valence-corrected chi connectivity index (χ4v) is 11.8. The van der Waals surface area contributed by atoms with Gasteiger partial charge >= 0.3 is 0 Å². The third kappa shape index (κ3) is 36.7. The van der Waals surface area contributed by atoms with Gasteiger partial charge in [-0.2, -0.15) is 0 Å². The third-order valence-electron chi connectivity index (χ3n) is 17.3. The molecule has 14 nitrogen and oxygen atoms in total. The van der Waals surface area contributed by atoms with Crippen molar-refractivity contribution < 1.29 is 64.6 Å². The van der Waals surface area contributed by atoms with Crippen molar-refractivity contribution in [2.24, 2.45) is 0 Å². The molecule has 2 aliphatic heterocycles. The fourth-order valence-electron chi connectivity index (χ4n) is 11.8. The molecule has 14 heteroatoms. The molecule has 0 aromatic carbocycles. The van der Waals surface area contributed by atoms with Crippen molar-refractivity contribution >= 4 is 5.91 Å². The molecule has 0 spiro atoms. The highest BCUT2D eigenvalue weighted by Crippen LogP contribution is 2.30. The van der Waals surface area contributed by atoms with E-state index in [1.807, 2.05) is 0 Å². The Kier molecular flexibility index (Phi) is 49.1. The summed E-state index contributed by atoms with van der Waals surface area (Å²) in [7, 11) is 0. The number of carbonyl (C=O) groups excluding carboxylic acids is 1. The Morgan fingerprint density at radius 1 is 0.400 bits per heavy atom. The Balaban J connectivity index is 1.53. The van der Waals surface area contributed by atoms with E-state index >= 15 is 0 Å². The predicted molar refractivity (Wildman–Crippen MR) is 323 cm³/mol. The van der Waals surface area contributed by atoms with Gasteiger partial charge in [0.25, 0.3) is 0 Å². The van der Waals surface area contributed by atoms with Crippen molar-refractivity contribution in [3.05, 3.63) is 0 Å². The Labute approximate surface area is 489 Å². The molecule has 9 N–H and O–H groups in total. The SMILES string of the molecule is CCCCCCCCCCCCCCCCCCCCCCCCCCCCCCCCCCCCCCC(=O)N[C@@H](CO[C@@H]1O[C@H](CO)[C@@H](O[C@@H]2O[C@H](CO)[C@H](O)C(O)C2O)C(O)C1O)[C@H](O)CCCCCCCCCCCC. The highest BCUT2D eigenvalue weighted by Gasteiger charge is 2.51. The Bertz CT molecular complexity index is 1350. The van der Waals surface area contributed by atoms with Crippen LogP contribution in [0.1, 0.15) is 322 Å². The van der Waals surface area contributed by atoms with Crippen LogP contribution >= 0.6 is 0 Å². The molecule has 2 saturated heterocycles. The van der Waals surface area contributed by atoms with Gasteiger partial charge in [-0.15, -0.1) is 0 Å². The van der Waals surface area contributed by atoms with Gasteiger partial charge in [-0.25, -0.2) is 0 Å². The molecule has 476 valence electrons. The molecular formula is C66H129NO13. The van der Waals surface area contributed by atoms with Gasteiger partial charge in [-0.1, -0.05) is 303 Å². The molecule has 0 saturated carbocycles. The lowest BCUT2D eigenvalue weighted by atomic mass is 9.97. The van der Waals surface area contributed by atoms with Crippen LogP contribution < -0.4 is 5.32 Å². The largest absolute Gasteiger partial charge is 0.394 e. The van der Waals surface area contributed by atoms with Crippen LogP contribution in [0.2, 0.25) is 0 Å². The predicted octanol–water partition coefficient (Wildman–Crippen LogP) is 13.2. The van der Waals surface area contributed by atoms with Crippen molar-refractivity contribution in [2.45, 2.75) is 396 Å². The van der Waals surface area contributed by atoms with Crippen molar-refractivity contribution in [1.82, 2.24) is 5.32 Å². The normalized spacial score (nSPS) is 24.1. The van der Waals surface area contributed by atoms with E-state index < -0.39 is 86.8 Å². The van der Waals surface area contributed by atoms with Gasteiger partial charge < -0.3 is 65.1 Å². The van der Waals surface area contributed by atoms with E-state index in [4.69, 9.17) is 18.9 Å². The molecule has 4 unspecified atom stereocenters. The lowest BCUT2D eigenvalue weighted by molar-refractivity contribution is -0.359. The molecule has 12 atom stereocenters. The first-order valence-electron chi connectivity index (χ1n) is 34.3. The maximum atomic E-state index is 13.3. The highest BCUT2D eigenvalue weighted by molar-refractivity contribution is 5.76. The molecule has 2 fully saturated rings. The number of ether oxygens (including phenoxy) is 4. The van der Waals surface area contributed by atoms with E-state index in [9.17, 15) is 45.6 Å². The number of amides is 1. The highest BCUT2D eigenvalue weighted by atomic mass is 16.7. The van der Waals surface area contributed by atoms with Crippen LogP contribution in [0.15, 0.2) is 0 Å². The average molecular weight is 1140 g/mol. The van der Waals surface area contributed by atoms with Gasteiger partial charge in [-0.05, 0) is 12.8 Å². The topological polar surface area (TPSA) is 228 Å². The first-order chi connectivity index (χ1) is 39.1. The van der Waals surface area contributed by atoms with E-state index in [-0.39, 0.29) is 12.5 Å². The van der Waals surface area contributed by atoms with Crippen LogP contribution in [0.3, 0.4) is 0 Å².